The number of thiocarbonyl (C=S) groups is 1. The molecule has 0 amide bonds. The molecule has 0 bridgehead atoms. The number of nitrogens with zero attached hydrogens (tertiary/aromatic N) is 3. The van der Waals surface area contributed by atoms with E-state index in [-0.39, 0.29) is 12.1 Å². The first-order valence-corrected chi connectivity index (χ1v) is 9.02. The summed E-state index contributed by atoms with van der Waals surface area (Å²) in [6, 6.07) is 14.5. The maximum absolute atomic E-state index is 5.64. The molecule has 0 radical (unpaired) electrons. The molecule has 0 aromatic carbocycles. The van der Waals surface area contributed by atoms with Crippen LogP contribution in [0.15, 0.2) is 66.4 Å². The summed E-state index contributed by atoms with van der Waals surface area (Å²) in [7, 11) is 0. The van der Waals surface area contributed by atoms with Crippen molar-refractivity contribution in [1.82, 2.24) is 20.2 Å². The quantitative estimate of drug-likeness (QED) is 0.725. The van der Waals surface area contributed by atoms with Crippen LogP contribution in [0.3, 0.4) is 0 Å². The molecule has 4 heterocycles. The molecule has 2 unspecified atom stereocenters. The van der Waals surface area contributed by atoms with Crippen molar-refractivity contribution in [2.24, 2.45) is 0 Å². The minimum atomic E-state index is 0.0548. The van der Waals surface area contributed by atoms with Gasteiger partial charge in [-0.05, 0) is 53.5 Å². The first kappa shape index (κ1) is 15.2. The second kappa shape index (κ2) is 6.67. The Kier molecular flexibility index (Phi) is 4.23. The van der Waals surface area contributed by atoms with Crippen LogP contribution in [0.5, 0.6) is 0 Å². The van der Waals surface area contributed by atoms with Gasteiger partial charge in [0.1, 0.15) is 0 Å². The van der Waals surface area contributed by atoms with Crippen molar-refractivity contribution in [2.75, 3.05) is 0 Å². The fourth-order valence-electron chi connectivity index (χ4n) is 3.03. The van der Waals surface area contributed by atoms with Crippen molar-refractivity contribution in [3.63, 3.8) is 0 Å². The van der Waals surface area contributed by atoms with E-state index in [1.165, 1.54) is 10.4 Å². The Hall–Kier alpha value is -2.31. The van der Waals surface area contributed by atoms with Gasteiger partial charge in [0.2, 0.25) is 0 Å². The molecule has 3 aromatic rings. The monoisotopic (exact) mass is 352 g/mol. The van der Waals surface area contributed by atoms with E-state index in [1.807, 2.05) is 42.9 Å². The number of rotatable bonds is 4. The van der Waals surface area contributed by atoms with Gasteiger partial charge in [-0.1, -0.05) is 12.1 Å². The lowest BCUT2D eigenvalue weighted by atomic mass is 10.0. The third-order valence-corrected chi connectivity index (χ3v) is 5.43. The van der Waals surface area contributed by atoms with Crippen molar-refractivity contribution in [1.29, 1.82) is 0 Å². The second-order valence-electron chi connectivity index (χ2n) is 5.63. The van der Waals surface area contributed by atoms with E-state index in [9.17, 15) is 0 Å². The Morgan fingerprint density at radius 2 is 1.96 bits per heavy atom. The van der Waals surface area contributed by atoms with Gasteiger partial charge in [0.15, 0.2) is 5.11 Å². The molecule has 0 saturated carbocycles. The lowest BCUT2D eigenvalue weighted by Crippen LogP contribution is -2.28. The summed E-state index contributed by atoms with van der Waals surface area (Å²) in [5.41, 5.74) is 2.20. The smallest absolute Gasteiger partial charge is 0.170 e. The van der Waals surface area contributed by atoms with E-state index in [2.05, 4.69) is 43.8 Å². The molecule has 6 heteroatoms. The van der Waals surface area contributed by atoms with Crippen molar-refractivity contribution < 1.29 is 0 Å². The number of pyridine rings is 2. The molecule has 1 aliphatic heterocycles. The highest BCUT2D eigenvalue weighted by Crippen LogP contribution is 2.40. The Morgan fingerprint density at radius 1 is 1.08 bits per heavy atom. The van der Waals surface area contributed by atoms with Gasteiger partial charge in [-0.3, -0.25) is 9.97 Å². The minimum Gasteiger partial charge on any atom is -0.352 e. The molecule has 2 atom stereocenters. The zero-order chi connectivity index (χ0) is 16.4. The first-order chi connectivity index (χ1) is 11.8. The second-order valence-corrected chi connectivity index (χ2v) is 6.99. The van der Waals surface area contributed by atoms with Gasteiger partial charge < -0.3 is 10.2 Å². The summed E-state index contributed by atoms with van der Waals surface area (Å²) in [5.74, 6) is 0. The zero-order valence-electron chi connectivity index (χ0n) is 12.9. The number of hydrogen-bond donors (Lipinski definition) is 1. The van der Waals surface area contributed by atoms with Gasteiger partial charge in [-0.25, -0.2) is 0 Å². The van der Waals surface area contributed by atoms with Gasteiger partial charge in [0.05, 0.1) is 17.8 Å². The number of nitrogens with one attached hydrogen (secondary N) is 1. The first-order valence-electron chi connectivity index (χ1n) is 7.73. The maximum Gasteiger partial charge on any atom is 0.170 e. The lowest BCUT2D eigenvalue weighted by Gasteiger charge is -2.26. The molecular formula is C18H16N4S2. The Labute approximate surface area is 150 Å². The topological polar surface area (TPSA) is 41.1 Å². The fourth-order valence-corrected chi connectivity index (χ4v) is 4.21. The number of aromatic nitrogens is 2. The van der Waals surface area contributed by atoms with Gasteiger partial charge in [0.25, 0.3) is 0 Å². The van der Waals surface area contributed by atoms with Crippen LogP contribution in [0.1, 0.15) is 28.2 Å². The molecular weight excluding hydrogens is 336 g/mol. The lowest BCUT2D eigenvalue weighted by molar-refractivity contribution is 0.315. The summed E-state index contributed by atoms with van der Waals surface area (Å²) < 4.78 is 0. The van der Waals surface area contributed by atoms with E-state index in [0.717, 1.165) is 17.4 Å². The molecule has 1 aliphatic rings. The number of thiophene rings is 1. The third kappa shape index (κ3) is 2.90. The predicted molar refractivity (Wildman–Crippen MR) is 99.6 cm³/mol. The molecule has 120 valence electrons. The van der Waals surface area contributed by atoms with Crippen molar-refractivity contribution in [3.05, 3.63) is 82.6 Å². The van der Waals surface area contributed by atoms with Crippen LogP contribution >= 0.6 is 23.6 Å². The van der Waals surface area contributed by atoms with Crippen LogP contribution in [0.4, 0.5) is 0 Å². The van der Waals surface area contributed by atoms with Gasteiger partial charge in [-0.15, -0.1) is 11.3 Å². The number of hydrogen-bond acceptors (Lipinski definition) is 4. The maximum atomic E-state index is 5.64. The third-order valence-electron chi connectivity index (χ3n) is 4.13. The molecule has 1 N–H and O–H groups in total. The van der Waals surface area contributed by atoms with Crippen molar-refractivity contribution in [3.8, 4) is 0 Å². The molecule has 0 spiro atoms. The molecule has 3 aromatic heterocycles. The van der Waals surface area contributed by atoms with E-state index in [0.29, 0.717) is 0 Å². The molecule has 4 nitrogen and oxygen atoms in total. The zero-order valence-corrected chi connectivity index (χ0v) is 14.5. The van der Waals surface area contributed by atoms with E-state index in [1.54, 1.807) is 11.3 Å². The molecule has 1 saturated heterocycles. The Morgan fingerprint density at radius 3 is 2.67 bits per heavy atom. The highest BCUT2D eigenvalue weighted by molar-refractivity contribution is 7.80. The van der Waals surface area contributed by atoms with Crippen LogP contribution in [0.25, 0.3) is 0 Å². The summed E-state index contributed by atoms with van der Waals surface area (Å²) in [6.45, 7) is 0.750. The molecule has 0 aliphatic carbocycles. The Balaban J connectivity index is 1.71. The largest absolute Gasteiger partial charge is 0.352 e. The summed E-state index contributed by atoms with van der Waals surface area (Å²) in [4.78, 5) is 12.2. The van der Waals surface area contributed by atoms with E-state index >= 15 is 0 Å². The van der Waals surface area contributed by atoms with Crippen LogP contribution in [0.2, 0.25) is 0 Å². The van der Waals surface area contributed by atoms with Crippen LogP contribution in [-0.2, 0) is 6.54 Å². The summed E-state index contributed by atoms with van der Waals surface area (Å²) >= 11 is 7.40. The minimum absolute atomic E-state index is 0.0548. The molecule has 24 heavy (non-hydrogen) atoms. The van der Waals surface area contributed by atoms with Crippen LogP contribution in [0, 0.1) is 0 Å². The van der Waals surface area contributed by atoms with Crippen molar-refractivity contribution >= 4 is 28.7 Å². The Bertz CT molecular complexity index is 806. The van der Waals surface area contributed by atoms with Crippen LogP contribution in [-0.4, -0.2) is 20.0 Å². The van der Waals surface area contributed by atoms with E-state index in [4.69, 9.17) is 12.2 Å². The fraction of sp³-hybridized carbons (Fsp3) is 0.167. The van der Waals surface area contributed by atoms with Crippen molar-refractivity contribution in [2.45, 2.75) is 18.6 Å². The molecule has 1 fully saturated rings. The molecule has 4 rings (SSSR count). The average Bonchev–Trinajstić information content (AvgIpc) is 3.25. The average molecular weight is 352 g/mol. The normalized spacial score (nSPS) is 20.2. The highest BCUT2D eigenvalue weighted by Gasteiger charge is 2.40. The summed E-state index contributed by atoms with van der Waals surface area (Å²) in [5, 5.41) is 6.34. The standard InChI is InChI=1S/C18H16N4S2/c23-18-21-16(14-4-1-2-8-20-14)17(15-5-3-11-24-15)22(18)12-13-6-9-19-10-7-13/h1-11,16-17H,12H2,(H,21,23). The van der Waals surface area contributed by atoms with Gasteiger partial charge >= 0.3 is 0 Å². The highest BCUT2D eigenvalue weighted by atomic mass is 32.1. The van der Waals surface area contributed by atoms with Gasteiger partial charge in [-0.2, -0.15) is 0 Å². The summed E-state index contributed by atoms with van der Waals surface area (Å²) in [6.07, 6.45) is 5.47. The van der Waals surface area contributed by atoms with E-state index < -0.39 is 0 Å². The van der Waals surface area contributed by atoms with Crippen LogP contribution < -0.4 is 5.32 Å². The SMILES string of the molecule is S=C1NC(c2ccccn2)C(c2cccs2)N1Cc1ccncc1. The predicted octanol–water partition coefficient (Wildman–Crippen LogP) is 3.71. The van der Waals surface area contributed by atoms with Gasteiger partial charge in [0, 0.05) is 30.0 Å².